The van der Waals surface area contributed by atoms with Crippen LogP contribution in [0, 0.1) is 11.8 Å². The molecule has 0 saturated carbocycles. The van der Waals surface area contributed by atoms with Crippen LogP contribution >= 0.6 is 23.2 Å². The van der Waals surface area contributed by atoms with Gasteiger partial charge in [-0.3, -0.25) is 9.59 Å². The molecule has 0 spiro atoms. The van der Waals surface area contributed by atoms with E-state index in [1.165, 1.54) is 0 Å². The van der Waals surface area contributed by atoms with E-state index < -0.39 is 17.8 Å². The Morgan fingerprint density at radius 3 is 2.32 bits per heavy atom. The third-order valence-corrected chi connectivity index (χ3v) is 4.67. The monoisotopic (exact) mass is 341 g/mol. The van der Waals surface area contributed by atoms with Gasteiger partial charge in [-0.1, -0.05) is 34.3 Å². The van der Waals surface area contributed by atoms with Crippen LogP contribution in [0.4, 0.5) is 5.69 Å². The lowest BCUT2D eigenvalue weighted by Crippen LogP contribution is -2.36. The summed E-state index contributed by atoms with van der Waals surface area (Å²) in [7, 11) is 0. The predicted molar refractivity (Wildman–Crippen MR) is 87.3 cm³/mol. The van der Waals surface area contributed by atoms with Crippen LogP contribution in [0.1, 0.15) is 26.7 Å². The van der Waals surface area contributed by atoms with Crippen molar-refractivity contribution in [1.29, 1.82) is 0 Å². The molecule has 2 rings (SSSR count). The molecule has 22 heavy (non-hydrogen) atoms. The predicted octanol–water partition coefficient (Wildman–Crippen LogP) is 4.38. The SMILES string of the molecule is CC1=C(C)C[C@@H](C(=O)Nc2cc(Cl)ccc2Cl)[C@@H](C(=O)O)C1. The molecular formula is C16H17Cl2NO3. The Hall–Kier alpha value is -1.52. The summed E-state index contributed by atoms with van der Waals surface area (Å²) in [6.07, 6.45) is 0.829. The van der Waals surface area contributed by atoms with Gasteiger partial charge in [-0.05, 0) is 44.9 Å². The third kappa shape index (κ3) is 3.62. The van der Waals surface area contributed by atoms with Crippen LogP contribution in [0.2, 0.25) is 10.0 Å². The number of benzene rings is 1. The second kappa shape index (κ2) is 6.71. The maximum absolute atomic E-state index is 12.5. The smallest absolute Gasteiger partial charge is 0.307 e. The lowest BCUT2D eigenvalue weighted by Gasteiger charge is -2.29. The fourth-order valence-corrected chi connectivity index (χ4v) is 2.98. The number of carboxylic acid groups (broad SMARTS) is 1. The van der Waals surface area contributed by atoms with Crippen LogP contribution in [0.25, 0.3) is 0 Å². The van der Waals surface area contributed by atoms with E-state index in [2.05, 4.69) is 5.32 Å². The zero-order valence-corrected chi connectivity index (χ0v) is 13.8. The minimum atomic E-state index is -0.954. The van der Waals surface area contributed by atoms with Gasteiger partial charge in [0.05, 0.1) is 22.5 Å². The standard InChI is InChI=1S/C16H17Cl2NO3/c1-8-5-11(12(16(21)22)6-9(8)2)15(20)19-14-7-10(17)3-4-13(14)18/h3-4,7,11-12H,5-6H2,1-2H3,(H,19,20)(H,21,22)/t11-,12+/m1/s1. The lowest BCUT2D eigenvalue weighted by molar-refractivity contribution is -0.146. The Labute approximate surface area is 139 Å². The van der Waals surface area contributed by atoms with E-state index >= 15 is 0 Å². The van der Waals surface area contributed by atoms with Gasteiger partial charge in [-0.15, -0.1) is 0 Å². The highest BCUT2D eigenvalue weighted by molar-refractivity contribution is 6.35. The summed E-state index contributed by atoms with van der Waals surface area (Å²) < 4.78 is 0. The Balaban J connectivity index is 2.23. The maximum atomic E-state index is 12.5. The topological polar surface area (TPSA) is 66.4 Å². The van der Waals surface area contributed by atoms with Crippen LogP contribution in [0.15, 0.2) is 29.3 Å². The first-order valence-corrected chi connectivity index (χ1v) is 7.69. The number of carbonyl (C=O) groups excluding carboxylic acids is 1. The Kier molecular flexibility index (Phi) is 5.14. The molecule has 118 valence electrons. The van der Waals surface area contributed by atoms with E-state index in [-0.39, 0.29) is 5.91 Å². The summed E-state index contributed by atoms with van der Waals surface area (Å²) in [4.78, 5) is 23.9. The van der Waals surface area contributed by atoms with Crippen molar-refractivity contribution >= 4 is 40.8 Å². The number of nitrogens with one attached hydrogen (secondary N) is 1. The van der Waals surface area contributed by atoms with Gasteiger partial charge in [0.25, 0.3) is 0 Å². The molecule has 0 fully saturated rings. The quantitative estimate of drug-likeness (QED) is 0.801. The van der Waals surface area contributed by atoms with Crippen LogP contribution in [-0.2, 0) is 9.59 Å². The number of carbonyl (C=O) groups is 2. The largest absolute Gasteiger partial charge is 0.481 e. The van der Waals surface area contributed by atoms with E-state index in [1.54, 1.807) is 18.2 Å². The lowest BCUT2D eigenvalue weighted by atomic mass is 9.76. The van der Waals surface area contributed by atoms with Gasteiger partial charge < -0.3 is 10.4 Å². The summed E-state index contributed by atoms with van der Waals surface area (Å²) in [5.41, 5.74) is 2.50. The summed E-state index contributed by atoms with van der Waals surface area (Å²) in [6, 6.07) is 4.76. The number of anilines is 1. The van der Waals surface area contributed by atoms with Crippen molar-refractivity contribution in [2.75, 3.05) is 5.32 Å². The molecule has 1 amide bonds. The van der Waals surface area contributed by atoms with Crippen molar-refractivity contribution in [1.82, 2.24) is 0 Å². The zero-order chi connectivity index (χ0) is 16.4. The molecule has 1 aromatic carbocycles. The van der Waals surface area contributed by atoms with E-state index in [9.17, 15) is 14.7 Å². The van der Waals surface area contributed by atoms with E-state index in [0.717, 1.165) is 11.1 Å². The Morgan fingerprint density at radius 1 is 1.14 bits per heavy atom. The van der Waals surface area contributed by atoms with Crippen LogP contribution < -0.4 is 5.32 Å². The second-order valence-electron chi connectivity index (χ2n) is 5.63. The molecule has 0 bridgehead atoms. The average Bonchev–Trinajstić information content (AvgIpc) is 2.45. The fraction of sp³-hybridized carbons (Fsp3) is 0.375. The number of rotatable bonds is 3. The fourth-order valence-electron chi connectivity index (χ4n) is 2.65. The van der Waals surface area contributed by atoms with Crippen LogP contribution in [-0.4, -0.2) is 17.0 Å². The molecule has 1 aromatic rings. The van der Waals surface area contributed by atoms with Crippen molar-refractivity contribution in [2.24, 2.45) is 11.8 Å². The van der Waals surface area contributed by atoms with Crippen LogP contribution in [0.3, 0.4) is 0 Å². The highest BCUT2D eigenvalue weighted by atomic mass is 35.5. The first-order valence-electron chi connectivity index (χ1n) is 6.93. The van der Waals surface area contributed by atoms with E-state index in [1.807, 2.05) is 13.8 Å². The molecule has 0 aliphatic heterocycles. The molecular weight excluding hydrogens is 325 g/mol. The average molecular weight is 342 g/mol. The summed E-state index contributed by atoms with van der Waals surface area (Å²) in [5.74, 6) is -2.63. The number of carboxylic acids is 1. The molecule has 6 heteroatoms. The number of halogens is 2. The van der Waals surface area contributed by atoms with Gasteiger partial charge in [0, 0.05) is 5.02 Å². The van der Waals surface area contributed by atoms with Gasteiger partial charge in [0.2, 0.25) is 5.91 Å². The molecule has 4 nitrogen and oxygen atoms in total. The molecule has 0 saturated heterocycles. The second-order valence-corrected chi connectivity index (χ2v) is 6.48. The molecule has 2 atom stereocenters. The minimum absolute atomic E-state index is 0.344. The van der Waals surface area contributed by atoms with Gasteiger partial charge in [-0.2, -0.15) is 0 Å². The van der Waals surface area contributed by atoms with Gasteiger partial charge >= 0.3 is 5.97 Å². The Bertz CT molecular complexity index is 655. The van der Waals surface area contributed by atoms with Crippen molar-refractivity contribution in [3.63, 3.8) is 0 Å². The number of hydrogen-bond donors (Lipinski definition) is 2. The molecule has 0 radical (unpaired) electrons. The normalized spacial score (nSPS) is 21.6. The van der Waals surface area contributed by atoms with E-state index in [0.29, 0.717) is 28.6 Å². The molecule has 0 heterocycles. The van der Waals surface area contributed by atoms with Crippen molar-refractivity contribution in [3.05, 3.63) is 39.4 Å². The Morgan fingerprint density at radius 2 is 1.73 bits per heavy atom. The molecule has 2 N–H and O–H groups in total. The van der Waals surface area contributed by atoms with Gasteiger partial charge in [0.1, 0.15) is 0 Å². The summed E-state index contributed by atoms with van der Waals surface area (Å²) in [5, 5.41) is 12.9. The first-order chi connectivity index (χ1) is 10.3. The van der Waals surface area contributed by atoms with Crippen LogP contribution in [0.5, 0.6) is 0 Å². The maximum Gasteiger partial charge on any atom is 0.307 e. The molecule has 0 unspecified atom stereocenters. The molecule has 0 aromatic heterocycles. The molecule has 1 aliphatic carbocycles. The summed E-state index contributed by atoms with van der Waals surface area (Å²) in [6.45, 7) is 3.84. The number of amides is 1. The summed E-state index contributed by atoms with van der Waals surface area (Å²) >= 11 is 11.9. The highest BCUT2D eigenvalue weighted by Gasteiger charge is 2.37. The third-order valence-electron chi connectivity index (χ3n) is 4.11. The zero-order valence-electron chi connectivity index (χ0n) is 12.3. The number of aliphatic carboxylic acids is 1. The minimum Gasteiger partial charge on any atom is -0.481 e. The van der Waals surface area contributed by atoms with Gasteiger partial charge in [-0.25, -0.2) is 0 Å². The van der Waals surface area contributed by atoms with Crippen molar-refractivity contribution in [2.45, 2.75) is 26.7 Å². The number of hydrogen-bond acceptors (Lipinski definition) is 2. The molecule has 1 aliphatic rings. The van der Waals surface area contributed by atoms with Gasteiger partial charge in [0.15, 0.2) is 0 Å². The first kappa shape index (κ1) is 16.8. The number of allylic oxidation sites excluding steroid dienone is 2. The highest BCUT2D eigenvalue weighted by Crippen LogP contribution is 2.35. The van der Waals surface area contributed by atoms with Crippen molar-refractivity contribution in [3.8, 4) is 0 Å². The van der Waals surface area contributed by atoms with E-state index in [4.69, 9.17) is 23.2 Å². The van der Waals surface area contributed by atoms with Crippen molar-refractivity contribution < 1.29 is 14.7 Å².